The molecule has 0 atom stereocenters. The molecule has 4 aromatic rings. The Hall–Kier alpha value is -3.46. The van der Waals surface area contributed by atoms with Crippen LogP contribution in [0.15, 0.2) is 35.2 Å². The molecule has 0 amide bonds. The van der Waals surface area contributed by atoms with E-state index in [1.54, 1.807) is 20.5 Å². The fraction of sp³-hybridized carbons (Fsp3) is 0.300. The number of ether oxygens (including phenoxy) is 2. The number of aromatic nitrogens is 6. The lowest BCUT2D eigenvalue weighted by atomic mass is 10.0. The van der Waals surface area contributed by atoms with E-state index in [9.17, 15) is 0 Å². The number of aryl methyl sites for hydroxylation is 1. The number of benzene rings is 1. The van der Waals surface area contributed by atoms with E-state index in [2.05, 4.69) is 19.7 Å². The van der Waals surface area contributed by atoms with Crippen LogP contribution >= 0.6 is 0 Å². The average Bonchev–Trinajstić information content (AvgIpc) is 3.43. The predicted molar refractivity (Wildman–Crippen MR) is 104 cm³/mol. The van der Waals surface area contributed by atoms with Crippen LogP contribution in [0.5, 0.6) is 5.75 Å². The molecule has 5 rings (SSSR count). The highest BCUT2D eigenvalue weighted by molar-refractivity contribution is 5.77. The number of hydrogen-bond donors (Lipinski definition) is 0. The average molecular weight is 392 g/mol. The molecule has 1 aliphatic rings. The second-order valence-electron chi connectivity index (χ2n) is 6.90. The van der Waals surface area contributed by atoms with Gasteiger partial charge in [-0.05, 0) is 18.2 Å². The summed E-state index contributed by atoms with van der Waals surface area (Å²) in [6.45, 7) is 0.525. The number of hydrogen-bond acceptors (Lipinski definition) is 7. The van der Waals surface area contributed by atoms with Crippen LogP contribution in [0.25, 0.3) is 28.5 Å². The van der Waals surface area contributed by atoms with Gasteiger partial charge in [0.1, 0.15) is 17.8 Å². The van der Waals surface area contributed by atoms with Crippen LogP contribution in [-0.2, 0) is 24.6 Å². The van der Waals surface area contributed by atoms with E-state index in [1.807, 2.05) is 36.1 Å². The monoisotopic (exact) mass is 392 g/mol. The van der Waals surface area contributed by atoms with Gasteiger partial charge < -0.3 is 18.6 Å². The normalized spacial score (nSPS) is 12.2. The molecule has 0 aliphatic carbocycles. The van der Waals surface area contributed by atoms with Crippen LogP contribution in [0.4, 0.5) is 0 Å². The minimum atomic E-state index is 0.479. The first kappa shape index (κ1) is 17.6. The van der Waals surface area contributed by atoms with Crippen LogP contribution in [0.3, 0.4) is 0 Å². The van der Waals surface area contributed by atoms with E-state index in [-0.39, 0.29) is 0 Å². The molecule has 0 unspecified atom stereocenters. The quantitative estimate of drug-likeness (QED) is 0.453. The van der Waals surface area contributed by atoms with E-state index in [4.69, 9.17) is 19.1 Å². The summed E-state index contributed by atoms with van der Waals surface area (Å²) in [7, 11) is 5.23. The van der Waals surface area contributed by atoms with Crippen molar-refractivity contribution in [2.45, 2.75) is 12.8 Å². The Morgan fingerprint density at radius 2 is 2.10 bits per heavy atom. The van der Waals surface area contributed by atoms with Gasteiger partial charge in [-0.15, -0.1) is 0 Å². The number of fused-ring (bicyclic) bond motifs is 5. The van der Waals surface area contributed by atoms with Gasteiger partial charge in [0.2, 0.25) is 11.7 Å². The van der Waals surface area contributed by atoms with Gasteiger partial charge in [0.25, 0.3) is 0 Å². The number of rotatable bonds is 5. The third-order valence-electron chi connectivity index (χ3n) is 5.05. The van der Waals surface area contributed by atoms with Crippen molar-refractivity contribution in [2.24, 2.45) is 7.05 Å². The molecule has 0 saturated carbocycles. The molecule has 1 aromatic carbocycles. The second-order valence-corrected chi connectivity index (χ2v) is 6.90. The van der Waals surface area contributed by atoms with Crippen molar-refractivity contribution in [2.75, 3.05) is 20.8 Å². The van der Waals surface area contributed by atoms with Crippen LogP contribution < -0.4 is 4.74 Å². The summed E-state index contributed by atoms with van der Waals surface area (Å²) in [5.74, 6) is 1.79. The standard InChI is InChI=1S/C20H20N6O3/c1-25-10-12-8-16-19(20-22-17(29-24-20)6-7-27-2)21-11-26(16)15-5-4-13(28-3)9-14(15)18(12)23-25/h4-5,9-11H,6-8H2,1-3H3. The minimum Gasteiger partial charge on any atom is -0.497 e. The largest absolute Gasteiger partial charge is 0.497 e. The lowest BCUT2D eigenvalue weighted by Crippen LogP contribution is -2.01. The number of imidazole rings is 1. The summed E-state index contributed by atoms with van der Waals surface area (Å²) in [6.07, 6.45) is 5.05. The maximum Gasteiger partial charge on any atom is 0.229 e. The molecular formula is C20H20N6O3. The highest BCUT2D eigenvalue weighted by Crippen LogP contribution is 2.38. The summed E-state index contributed by atoms with van der Waals surface area (Å²) in [6, 6.07) is 5.97. The van der Waals surface area contributed by atoms with Gasteiger partial charge in [-0.1, -0.05) is 5.16 Å². The first-order valence-electron chi connectivity index (χ1n) is 9.27. The molecule has 0 saturated heterocycles. The molecule has 3 aromatic heterocycles. The molecule has 9 nitrogen and oxygen atoms in total. The van der Waals surface area contributed by atoms with Gasteiger partial charge in [-0.25, -0.2) is 4.98 Å². The Kier molecular flexibility index (Phi) is 4.17. The summed E-state index contributed by atoms with van der Waals surface area (Å²) >= 11 is 0. The zero-order chi connectivity index (χ0) is 20.0. The maximum absolute atomic E-state index is 5.44. The Balaban J connectivity index is 1.66. The van der Waals surface area contributed by atoms with Gasteiger partial charge in [0.05, 0.1) is 37.2 Å². The van der Waals surface area contributed by atoms with Crippen LogP contribution in [0.2, 0.25) is 0 Å². The van der Waals surface area contributed by atoms with Crippen molar-refractivity contribution in [3.8, 4) is 34.2 Å². The first-order chi connectivity index (χ1) is 14.2. The summed E-state index contributed by atoms with van der Waals surface area (Å²) in [4.78, 5) is 9.11. The van der Waals surface area contributed by atoms with E-state index >= 15 is 0 Å². The van der Waals surface area contributed by atoms with E-state index in [0.717, 1.165) is 34.0 Å². The highest BCUT2D eigenvalue weighted by Gasteiger charge is 2.27. The zero-order valence-electron chi connectivity index (χ0n) is 16.4. The van der Waals surface area contributed by atoms with E-state index < -0.39 is 0 Å². The third kappa shape index (κ3) is 2.90. The van der Waals surface area contributed by atoms with Crippen molar-refractivity contribution >= 4 is 0 Å². The van der Waals surface area contributed by atoms with Gasteiger partial charge in [-0.3, -0.25) is 4.68 Å². The smallest absolute Gasteiger partial charge is 0.229 e. The fourth-order valence-corrected chi connectivity index (χ4v) is 3.69. The van der Waals surface area contributed by atoms with Gasteiger partial charge >= 0.3 is 0 Å². The summed E-state index contributed by atoms with van der Waals surface area (Å²) in [5, 5.41) is 8.83. The molecule has 9 heteroatoms. The second kappa shape index (κ2) is 6.85. The fourth-order valence-electron chi connectivity index (χ4n) is 3.69. The topological polar surface area (TPSA) is 93.0 Å². The molecule has 0 bridgehead atoms. The van der Waals surface area contributed by atoms with Gasteiger partial charge in [-0.2, -0.15) is 10.1 Å². The van der Waals surface area contributed by atoms with Gasteiger partial charge in [0.15, 0.2) is 0 Å². The van der Waals surface area contributed by atoms with Crippen LogP contribution in [-0.4, -0.2) is 50.3 Å². The van der Waals surface area contributed by atoms with E-state index in [1.165, 1.54) is 0 Å². The lowest BCUT2D eigenvalue weighted by molar-refractivity contribution is 0.192. The van der Waals surface area contributed by atoms with Gasteiger partial charge in [0, 0.05) is 37.9 Å². The highest BCUT2D eigenvalue weighted by atomic mass is 16.5. The SMILES string of the molecule is COCCc1nc(-c2ncn3c2Cc2cn(C)nc2-c2cc(OC)ccc2-3)no1. The molecule has 0 N–H and O–H groups in total. The van der Waals surface area contributed by atoms with Crippen molar-refractivity contribution in [1.29, 1.82) is 0 Å². The molecule has 0 fully saturated rings. The Morgan fingerprint density at radius 3 is 2.93 bits per heavy atom. The van der Waals surface area contributed by atoms with Crippen molar-refractivity contribution in [3.05, 3.63) is 47.9 Å². The van der Waals surface area contributed by atoms with Crippen molar-refractivity contribution in [1.82, 2.24) is 29.5 Å². The lowest BCUT2D eigenvalue weighted by Gasteiger charge is -2.11. The van der Waals surface area contributed by atoms with E-state index in [0.29, 0.717) is 36.9 Å². The summed E-state index contributed by atoms with van der Waals surface area (Å²) in [5.41, 5.74) is 5.71. The minimum absolute atomic E-state index is 0.479. The molecular weight excluding hydrogens is 372 g/mol. The molecule has 1 aliphatic heterocycles. The Morgan fingerprint density at radius 1 is 1.21 bits per heavy atom. The predicted octanol–water partition coefficient (Wildman–Crippen LogP) is 2.42. The Labute approximate surface area is 166 Å². The Bertz CT molecular complexity index is 1190. The molecule has 0 spiro atoms. The number of methoxy groups -OCH3 is 2. The zero-order valence-corrected chi connectivity index (χ0v) is 16.4. The summed E-state index contributed by atoms with van der Waals surface area (Å²) < 4.78 is 19.8. The van der Waals surface area contributed by atoms with Crippen LogP contribution in [0.1, 0.15) is 17.1 Å². The van der Waals surface area contributed by atoms with Crippen molar-refractivity contribution < 1.29 is 14.0 Å². The van der Waals surface area contributed by atoms with Crippen LogP contribution in [0, 0.1) is 0 Å². The number of nitrogens with zero attached hydrogens (tertiary/aromatic N) is 6. The molecule has 148 valence electrons. The molecule has 4 heterocycles. The van der Waals surface area contributed by atoms with Crippen molar-refractivity contribution in [3.63, 3.8) is 0 Å². The third-order valence-corrected chi connectivity index (χ3v) is 5.05. The first-order valence-corrected chi connectivity index (χ1v) is 9.27. The molecule has 29 heavy (non-hydrogen) atoms. The maximum atomic E-state index is 5.44. The molecule has 0 radical (unpaired) electrons.